The summed E-state index contributed by atoms with van der Waals surface area (Å²) in [5, 5.41) is 0. The van der Waals surface area contributed by atoms with E-state index in [4.69, 9.17) is 5.73 Å². The second kappa shape index (κ2) is 5.50. The number of nitrogens with two attached hydrogens (primary N) is 1. The Morgan fingerprint density at radius 3 is 3.07 bits per heavy atom. The third-order valence-corrected chi connectivity index (χ3v) is 2.19. The maximum Gasteiger partial charge on any atom is 0.150 e. The second-order valence-electron chi connectivity index (χ2n) is 3.38. The average molecular weight is 192 g/mol. The second-order valence-corrected chi connectivity index (χ2v) is 3.38. The van der Waals surface area contributed by atoms with E-state index in [1.54, 1.807) is 18.3 Å². The van der Waals surface area contributed by atoms with Crippen LogP contribution in [0.1, 0.15) is 48.3 Å². The van der Waals surface area contributed by atoms with Crippen molar-refractivity contribution in [3.05, 3.63) is 29.6 Å². The molecular formula is C11H16N2O. The van der Waals surface area contributed by atoms with E-state index in [1.807, 2.05) is 0 Å². The highest BCUT2D eigenvalue weighted by Crippen LogP contribution is 2.14. The summed E-state index contributed by atoms with van der Waals surface area (Å²) in [5.74, 6) is 0. The predicted octanol–water partition coefficient (Wildman–Crippen LogP) is 2.08. The van der Waals surface area contributed by atoms with E-state index < -0.39 is 0 Å². The summed E-state index contributed by atoms with van der Waals surface area (Å²) in [6.07, 6.45) is 5.59. The highest BCUT2D eigenvalue weighted by atomic mass is 16.1. The van der Waals surface area contributed by atoms with Crippen molar-refractivity contribution in [1.82, 2.24) is 4.98 Å². The highest BCUT2D eigenvalue weighted by Gasteiger charge is 2.06. The van der Waals surface area contributed by atoms with Gasteiger partial charge in [-0.2, -0.15) is 0 Å². The van der Waals surface area contributed by atoms with Gasteiger partial charge >= 0.3 is 0 Å². The van der Waals surface area contributed by atoms with Gasteiger partial charge in [0.2, 0.25) is 0 Å². The molecule has 0 spiro atoms. The van der Waals surface area contributed by atoms with Gasteiger partial charge < -0.3 is 5.73 Å². The van der Waals surface area contributed by atoms with Crippen LogP contribution in [0.25, 0.3) is 0 Å². The topological polar surface area (TPSA) is 56.0 Å². The Morgan fingerprint density at radius 1 is 1.64 bits per heavy atom. The molecule has 0 saturated carbocycles. The normalized spacial score (nSPS) is 12.4. The molecule has 0 fully saturated rings. The average Bonchev–Trinajstić information content (AvgIpc) is 2.26. The van der Waals surface area contributed by atoms with Crippen molar-refractivity contribution >= 4 is 6.29 Å². The van der Waals surface area contributed by atoms with Crippen LogP contribution in [0.4, 0.5) is 0 Å². The van der Waals surface area contributed by atoms with Crippen LogP contribution in [0.15, 0.2) is 18.3 Å². The Labute approximate surface area is 84.3 Å². The summed E-state index contributed by atoms with van der Waals surface area (Å²) >= 11 is 0. The number of aldehydes is 1. The molecule has 0 radical (unpaired) electrons. The molecule has 0 aliphatic rings. The van der Waals surface area contributed by atoms with Crippen LogP contribution < -0.4 is 5.73 Å². The molecule has 1 aromatic rings. The smallest absolute Gasteiger partial charge is 0.150 e. The molecule has 76 valence electrons. The lowest BCUT2D eigenvalue weighted by molar-refractivity contribution is 0.112. The molecule has 1 atom stereocenters. The minimum absolute atomic E-state index is 0.0464. The molecule has 0 aromatic carbocycles. The lowest BCUT2D eigenvalue weighted by Gasteiger charge is -2.10. The van der Waals surface area contributed by atoms with Gasteiger partial charge in [-0.05, 0) is 18.6 Å². The summed E-state index contributed by atoms with van der Waals surface area (Å²) in [4.78, 5) is 14.7. The number of carbonyl (C=O) groups excluding carboxylic acids is 1. The predicted molar refractivity (Wildman–Crippen MR) is 56.1 cm³/mol. The SMILES string of the molecule is CCCC[C@H](N)c1cc(C=O)ccn1. The van der Waals surface area contributed by atoms with E-state index in [0.29, 0.717) is 5.56 Å². The lowest BCUT2D eigenvalue weighted by atomic mass is 10.1. The number of pyridine rings is 1. The van der Waals surface area contributed by atoms with E-state index >= 15 is 0 Å². The van der Waals surface area contributed by atoms with Crippen LogP contribution in [0.3, 0.4) is 0 Å². The number of aromatic nitrogens is 1. The zero-order chi connectivity index (χ0) is 10.4. The van der Waals surface area contributed by atoms with Gasteiger partial charge in [0.1, 0.15) is 6.29 Å². The summed E-state index contributed by atoms with van der Waals surface area (Å²) in [5.41, 5.74) is 7.38. The van der Waals surface area contributed by atoms with Gasteiger partial charge in [0.15, 0.2) is 0 Å². The Bertz CT molecular complexity index is 299. The highest BCUT2D eigenvalue weighted by molar-refractivity contribution is 5.74. The first-order chi connectivity index (χ1) is 6.77. The Morgan fingerprint density at radius 2 is 2.43 bits per heavy atom. The van der Waals surface area contributed by atoms with Gasteiger partial charge in [0, 0.05) is 17.8 Å². The van der Waals surface area contributed by atoms with Gasteiger partial charge in [-0.1, -0.05) is 19.8 Å². The van der Waals surface area contributed by atoms with Crippen LogP contribution in [-0.2, 0) is 0 Å². The van der Waals surface area contributed by atoms with Crippen LogP contribution in [0.5, 0.6) is 0 Å². The summed E-state index contributed by atoms with van der Waals surface area (Å²) in [7, 11) is 0. The molecule has 0 bridgehead atoms. The summed E-state index contributed by atoms with van der Waals surface area (Å²) in [6.45, 7) is 2.13. The van der Waals surface area contributed by atoms with Gasteiger partial charge in [-0.25, -0.2) is 0 Å². The monoisotopic (exact) mass is 192 g/mol. The quantitative estimate of drug-likeness (QED) is 0.727. The van der Waals surface area contributed by atoms with E-state index in [1.165, 1.54) is 0 Å². The van der Waals surface area contributed by atoms with Crippen LogP contribution in [0.2, 0.25) is 0 Å². The standard InChI is InChI=1S/C11H16N2O/c1-2-3-4-10(12)11-7-9(8-14)5-6-13-11/h5-8,10H,2-4,12H2,1H3/t10-/m0/s1. The molecule has 3 heteroatoms. The number of carbonyl (C=O) groups is 1. The fraction of sp³-hybridized carbons (Fsp3) is 0.455. The molecule has 2 N–H and O–H groups in total. The molecule has 0 aliphatic carbocycles. The molecule has 0 saturated heterocycles. The molecule has 0 amide bonds. The fourth-order valence-electron chi connectivity index (χ4n) is 1.31. The molecular weight excluding hydrogens is 176 g/mol. The molecule has 1 aromatic heterocycles. The fourth-order valence-corrected chi connectivity index (χ4v) is 1.31. The van der Waals surface area contributed by atoms with Crippen molar-refractivity contribution in [3.63, 3.8) is 0 Å². The van der Waals surface area contributed by atoms with Crippen LogP contribution >= 0.6 is 0 Å². The number of hydrogen-bond acceptors (Lipinski definition) is 3. The third-order valence-electron chi connectivity index (χ3n) is 2.19. The first-order valence-corrected chi connectivity index (χ1v) is 4.94. The van der Waals surface area contributed by atoms with Crippen molar-refractivity contribution < 1.29 is 4.79 Å². The lowest BCUT2D eigenvalue weighted by Crippen LogP contribution is -2.12. The van der Waals surface area contributed by atoms with E-state index in [2.05, 4.69) is 11.9 Å². The zero-order valence-electron chi connectivity index (χ0n) is 8.44. The van der Waals surface area contributed by atoms with E-state index in [9.17, 15) is 4.79 Å². The van der Waals surface area contributed by atoms with Gasteiger partial charge in [-0.3, -0.25) is 9.78 Å². The Kier molecular flexibility index (Phi) is 4.26. The molecule has 14 heavy (non-hydrogen) atoms. The maximum atomic E-state index is 10.5. The molecule has 1 heterocycles. The van der Waals surface area contributed by atoms with Crippen molar-refractivity contribution in [2.24, 2.45) is 5.73 Å². The molecule has 0 unspecified atom stereocenters. The van der Waals surface area contributed by atoms with Gasteiger partial charge in [-0.15, -0.1) is 0 Å². The number of rotatable bonds is 5. The number of hydrogen-bond donors (Lipinski definition) is 1. The molecule has 0 aliphatic heterocycles. The minimum atomic E-state index is -0.0464. The van der Waals surface area contributed by atoms with E-state index in [-0.39, 0.29) is 6.04 Å². The minimum Gasteiger partial charge on any atom is -0.323 e. The van der Waals surface area contributed by atoms with E-state index in [0.717, 1.165) is 31.2 Å². The number of nitrogens with zero attached hydrogens (tertiary/aromatic N) is 1. The Balaban J connectivity index is 2.68. The van der Waals surface area contributed by atoms with Crippen LogP contribution in [0, 0.1) is 0 Å². The zero-order valence-corrected chi connectivity index (χ0v) is 8.44. The third kappa shape index (κ3) is 2.92. The van der Waals surface area contributed by atoms with Crippen molar-refractivity contribution in [2.45, 2.75) is 32.2 Å². The van der Waals surface area contributed by atoms with Gasteiger partial charge in [0.05, 0.1) is 5.69 Å². The van der Waals surface area contributed by atoms with Crippen molar-refractivity contribution in [3.8, 4) is 0 Å². The van der Waals surface area contributed by atoms with Crippen LogP contribution in [-0.4, -0.2) is 11.3 Å². The van der Waals surface area contributed by atoms with Crippen molar-refractivity contribution in [2.75, 3.05) is 0 Å². The maximum absolute atomic E-state index is 10.5. The molecule has 3 nitrogen and oxygen atoms in total. The Hall–Kier alpha value is -1.22. The first-order valence-electron chi connectivity index (χ1n) is 4.94. The largest absolute Gasteiger partial charge is 0.323 e. The number of unbranched alkanes of at least 4 members (excludes halogenated alkanes) is 1. The summed E-state index contributed by atoms with van der Waals surface area (Å²) < 4.78 is 0. The van der Waals surface area contributed by atoms with Gasteiger partial charge in [0.25, 0.3) is 0 Å². The molecule has 1 rings (SSSR count). The first kappa shape index (κ1) is 10.9. The summed E-state index contributed by atoms with van der Waals surface area (Å²) in [6, 6.07) is 3.39. The van der Waals surface area contributed by atoms with Crippen molar-refractivity contribution in [1.29, 1.82) is 0 Å².